The van der Waals surface area contributed by atoms with Crippen molar-refractivity contribution < 1.29 is 18.9 Å². The second kappa shape index (κ2) is 8.91. The van der Waals surface area contributed by atoms with Crippen LogP contribution in [0.1, 0.15) is 25.7 Å². The predicted molar refractivity (Wildman–Crippen MR) is 93.3 cm³/mol. The molecule has 0 aromatic rings. The fraction of sp³-hybridized carbons (Fsp3) is 0.800. The van der Waals surface area contributed by atoms with E-state index >= 15 is 0 Å². The van der Waals surface area contributed by atoms with Crippen molar-refractivity contribution in [3.63, 3.8) is 0 Å². The van der Waals surface area contributed by atoms with Crippen LogP contribution in [0.3, 0.4) is 0 Å². The van der Waals surface area contributed by atoms with Gasteiger partial charge in [-0.1, -0.05) is 13.2 Å². The van der Waals surface area contributed by atoms with Crippen LogP contribution in [-0.2, 0) is 18.9 Å². The molecule has 0 N–H and O–H groups in total. The van der Waals surface area contributed by atoms with Crippen LogP contribution >= 0.6 is 0 Å². The number of rotatable bonds is 12. The highest BCUT2D eigenvalue weighted by atomic mass is 16.5. The molecule has 6 unspecified atom stereocenters. The lowest BCUT2D eigenvalue weighted by atomic mass is 9.76. The molecule has 0 aromatic carbocycles. The Kier molecular flexibility index (Phi) is 6.61. The van der Waals surface area contributed by atoms with E-state index in [0.717, 1.165) is 48.7 Å². The zero-order chi connectivity index (χ0) is 16.8. The molecule has 0 saturated heterocycles. The molecule has 4 heteroatoms. The Labute approximate surface area is 146 Å². The first-order valence-electron chi connectivity index (χ1n) is 9.44. The van der Waals surface area contributed by atoms with Crippen LogP contribution in [0.4, 0.5) is 0 Å². The van der Waals surface area contributed by atoms with Gasteiger partial charge in [-0.15, -0.1) is 0 Å². The maximum absolute atomic E-state index is 5.83. The van der Waals surface area contributed by atoms with Gasteiger partial charge in [0.15, 0.2) is 0 Å². The molecule has 3 saturated carbocycles. The predicted octanol–water partition coefficient (Wildman–Crippen LogP) is 3.64. The molecule has 3 aliphatic carbocycles. The number of hydrogen-bond acceptors (Lipinski definition) is 4. The van der Waals surface area contributed by atoms with Crippen molar-refractivity contribution in [3.8, 4) is 0 Å². The monoisotopic (exact) mass is 336 g/mol. The van der Waals surface area contributed by atoms with E-state index in [1.54, 1.807) is 0 Å². The van der Waals surface area contributed by atoms with Crippen LogP contribution in [0.25, 0.3) is 0 Å². The molecule has 0 radical (unpaired) electrons. The molecule has 0 aliphatic heterocycles. The molecular formula is C20H32O4. The molecule has 0 aromatic heterocycles. The second-order valence-electron chi connectivity index (χ2n) is 7.55. The fourth-order valence-corrected chi connectivity index (χ4v) is 5.52. The fourth-order valence-electron chi connectivity index (χ4n) is 5.52. The SMILES string of the molecule is C=COCCOCC1CC2C3CC(COCCOC=C)C(C3)C2C1. The van der Waals surface area contributed by atoms with E-state index in [0.29, 0.717) is 26.4 Å². The van der Waals surface area contributed by atoms with Gasteiger partial charge in [-0.2, -0.15) is 0 Å². The Balaban J connectivity index is 1.36. The standard InChI is InChI=1S/C20H32O4/c1-3-21-5-7-23-13-15-9-18-16-11-17(14-24-8-6-22-4-2)19(12-16)20(18)10-15/h3-4,15-20H,1-2,5-14H2. The Morgan fingerprint density at radius 3 is 2.08 bits per heavy atom. The minimum absolute atomic E-state index is 0.614. The van der Waals surface area contributed by atoms with E-state index in [-0.39, 0.29) is 0 Å². The summed E-state index contributed by atoms with van der Waals surface area (Å²) in [7, 11) is 0. The molecule has 0 spiro atoms. The van der Waals surface area contributed by atoms with Crippen LogP contribution in [0.2, 0.25) is 0 Å². The largest absolute Gasteiger partial charge is 0.499 e. The van der Waals surface area contributed by atoms with Crippen molar-refractivity contribution in [2.24, 2.45) is 35.5 Å². The summed E-state index contributed by atoms with van der Waals surface area (Å²) < 4.78 is 21.8. The number of hydrogen-bond donors (Lipinski definition) is 0. The first-order valence-corrected chi connectivity index (χ1v) is 9.44. The van der Waals surface area contributed by atoms with Crippen LogP contribution in [0.5, 0.6) is 0 Å². The molecule has 0 amide bonds. The smallest absolute Gasteiger partial charge is 0.111 e. The lowest BCUT2D eigenvalue weighted by molar-refractivity contribution is 0.0338. The van der Waals surface area contributed by atoms with Gasteiger partial charge >= 0.3 is 0 Å². The topological polar surface area (TPSA) is 36.9 Å². The molecule has 2 bridgehead atoms. The van der Waals surface area contributed by atoms with Gasteiger partial charge < -0.3 is 18.9 Å². The molecule has 6 atom stereocenters. The lowest BCUT2D eigenvalue weighted by Crippen LogP contribution is -2.27. The Morgan fingerprint density at radius 2 is 1.38 bits per heavy atom. The molecule has 24 heavy (non-hydrogen) atoms. The normalized spacial score (nSPS) is 36.5. The van der Waals surface area contributed by atoms with Gasteiger partial charge in [-0.25, -0.2) is 0 Å². The summed E-state index contributed by atoms with van der Waals surface area (Å²) in [6.07, 6.45) is 8.49. The van der Waals surface area contributed by atoms with Gasteiger partial charge in [-0.05, 0) is 61.2 Å². The summed E-state index contributed by atoms with van der Waals surface area (Å²) in [4.78, 5) is 0. The third-order valence-electron chi connectivity index (χ3n) is 6.31. The summed E-state index contributed by atoms with van der Waals surface area (Å²) >= 11 is 0. The quantitative estimate of drug-likeness (QED) is 0.403. The van der Waals surface area contributed by atoms with E-state index < -0.39 is 0 Å². The molecule has 4 nitrogen and oxygen atoms in total. The van der Waals surface area contributed by atoms with E-state index in [9.17, 15) is 0 Å². The van der Waals surface area contributed by atoms with E-state index in [1.807, 2.05) is 0 Å². The minimum Gasteiger partial charge on any atom is -0.499 e. The average molecular weight is 336 g/mol. The van der Waals surface area contributed by atoms with Gasteiger partial charge in [0.2, 0.25) is 0 Å². The third kappa shape index (κ3) is 4.15. The minimum atomic E-state index is 0.614. The van der Waals surface area contributed by atoms with Crippen LogP contribution in [-0.4, -0.2) is 39.6 Å². The summed E-state index contributed by atoms with van der Waals surface area (Å²) in [6, 6.07) is 0. The summed E-state index contributed by atoms with van der Waals surface area (Å²) in [6.45, 7) is 11.5. The zero-order valence-corrected chi connectivity index (χ0v) is 14.7. The summed E-state index contributed by atoms with van der Waals surface area (Å²) in [5.41, 5.74) is 0. The van der Waals surface area contributed by atoms with Crippen molar-refractivity contribution in [2.75, 3.05) is 39.6 Å². The van der Waals surface area contributed by atoms with E-state index in [4.69, 9.17) is 18.9 Å². The molecule has 3 rings (SSSR count). The maximum atomic E-state index is 5.83. The summed E-state index contributed by atoms with van der Waals surface area (Å²) in [5, 5.41) is 0. The highest BCUT2D eigenvalue weighted by Crippen LogP contribution is 2.62. The van der Waals surface area contributed by atoms with Gasteiger partial charge in [0, 0.05) is 13.2 Å². The third-order valence-corrected chi connectivity index (χ3v) is 6.31. The maximum Gasteiger partial charge on any atom is 0.111 e. The molecule has 0 heterocycles. The van der Waals surface area contributed by atoms with Crippen LogP contribution < -0.4 is 0 Å². The first-order chi connectivity index (χ1) is 11.8. The highest BCUT2D eigenvalue weighted by Gasteiger charge is 2.55. The molecule has 3 aliphatic rings. The van der Waals surface area contributed by atoms with E-state index in [2.05, 4.69) is 13.2 Å². The zero-order valence-electron chi connectivity index (χ0n) is 14.7. The first kappa shape index (κ1) is 17.8. The second-order valence-corrected chi connectivity index (χ2v) is 7.55. The summed E-state index contributed by atoms with van der Waals surface area (Å²) in [5.74, 6) is 5.20. The molecule has 136 valence electrons. The Morgan fingerprint density at radius 1 is 0.708 bits per heavy atom. The Hall–Kier alpha value is -1.00. The lowest BCUT2D eigenvalue weighted by Gasteiger charge is -2.31. The van der Waals surface area contributed by atoms with Crippen molar-refractivity contribution in [2.45, 2.75) is 25.7 Å². The van der Waals surface area contributed by atoms with Crippen molar-refractivity contribution >= 4 is 0 Å². The molecule has 3 fully saturated rings. The highest BCUT2D eigenvalue weighted by molar-refractivity contribution is 5.04. The number of fused-ring (bicyclic) bond motifs is 5. The molecular weight excluding hydrogens is 304 g/mol. The average Bonchev–Trinajstić information content (AvgIpc) is 3.25. The van der Waals surface area contributed by atoms with Gasteiger partial charge in [-0.3, -0.25) is 0 Å². The van der Waals surface area contributed by atoms with Gasteiger partial charge in [0.25, 0.3) is 0 Å². The van der Waals surface area contributed by atoms with Crippen LogP contribution in [0.15, 0.2) is 25.7 Å². The van der Waals surface area contributed by atoms with Crippen molar-refractivity contribution in [1.29, 1.82) is 0 Å². The van der Waals surface area contributed by atoms with Gasteiger partial charge in [0.05, 0.1) is 25.7 Å². The number of ether oxygens (including phenoxy) is 4. The Bertz CT molecular complexity index is 410. The van der Waals surface area contributed by atoms with Crippen molar-refractivity contribution in [3.05, 3.63) is 25.7 Å². The van der Waals surface area contributed by atoms with Crippen LogP contribution in [0, 0.1) is 35.5 Å². The van der Waals surface area contributed by atoms with Crippen molar-refractivity contribution in [1.82, 2.24) is 0 Å². The van der Waals surface area contributed by atoms with Gasteiger partial charge in [0.1, 0.15) is 13.2 Å². The van der Waals surface area contributed by atoms with E-state index in [1.165, 1.54) is 38.2 Å².